The maximum Gasteiger partial charge on any atom is 0.0629 e. The first kappa shape index (κ1) is 13.3. The fraction of sp³-hybridized carbons (Fsp3) is 0.625. The Hall–Kier alpha value is -1.18. The second-order valence-corrected chi connectivity index (χ2v) is 5.93. The molecule has 0 aromatic heterocycles. The molecule has 0 aliphatic carbocycles. The fourth-order valence-corrected chi connectivity index (χ4v) is 3.13. The first-order valence-electron chi connectivity index (χ1n) is 7.19. The van der Waals surface area contributed by atoms with Crippen molar-refractivity contribution in [2.75, 3.05) is 23.7 Å². The zero-order valence-electron chi connectivity index (χ0n) is 11.9. The fourth-order valence-electron chi connectivity index (χ4n) is 3.13. The second kappa shape index (κ2) is 5.64. The lowest BCUT2D eigenvalue weighted by Crippen LogP contribution is -2.26. The van der Waals surface area contributed by atoms with E-state index in [1.165, 1.54) is 30.5 Å². The van der Waals surface area contributed by atoms with E-state index in [-0.39, 0.29) is 0 Å². The third-order valence-electron chi connectivity index (χ3n) is 4.30. The van der Waals surface area contributed by atoms with Crippen LogP contribution in [0.5, 0.6) is 0 Å². The van der Waals surface area contributed by atoms with Crippen LogP contribution >= 0.6 is 0 Å². The third kappa shape index (κ3) is 2.80. The highest BCUT2D eigenvalue weighted by molar-refractivity contribution is 5.71. The van der Waals surface area contributed by atoms with Crippen LogP contribution in [-0.4, -0.2) is 13.1 Å². The van der Waals surface area contributed by atoms with Crippen LogP contribution in [0.4, 0.5) is 11.4 Å². The summed E-state index contributed by atoms with van der Waals surface area (Å²) in [5.41, 5.74) is 9.65. The van der Waals surface area contributed by atoms with E-state index < -0.39 is 0 Å². The number of aryl methyl sites for hydroxylation is 1. The van der Waals surface area contributed by atoms with Gasteiger partial charge >= 0.3 is 0 Å². The molecule has 100 valence electrons. The zero-order chi connectivity index (χ0) is 13.1. The summed E-state index contributed by atoms with van der Waals surface area (Å²) < 4.78 is 0. The number of nitrogen functional groups attached to an aromatic ring is 1. The number of hydrogen-bond acceptors (Lipinski definition) is 2. The summed E-state index contributed by atoms with van der Waals surface area (Å²) in [6.45, 7) is 9.16. The lowest BCUT2D eigenvalue weighted by molar-refractivity contribution is 0.351. The molecule has 2 nitrogen and oxygen atoms in total. The Balaban J connectivity index is 2.15. The summed E-state index contributed by atoms with van der Waals surface area (Å²) in [5.74, 6) is 1.68. The van der Waals surface area contributed by atoms with Gasteiger partial charge in [-0.3, -0.25) is 0 Å². The summed E-state index contributed by atoms with van der Waals surface area (Å²) in [4.78, 5) is 2.49. The number of hydrogen-bond donors (Lipinski definition) is 1. The first-order valence-corrected chi connectivity index (χ1v) is 7.19. The molecule has 1 aliphatic rings. The van der Waals surface area contributed by atoms with Crippen LogP contribution in [0.15, 0.2) is 18.2 Å². The average molecular weight is 246 g/mol. The van der Waals surface area contributed by atoms with Crippen LogP contribution in [-0.2, 0) is 0 Å². The molecular weight excluding hydrogens is 220 g/mol. The van der Waals surface area contributed by atoms with Crippen LogP contribution in [0.1, 0.15) is 38.7 Å². The molecule has 2 heteroatoms. The Kier molecular flexibility index (Phi) is 4.15. The Morgan fingerprint density at radius 2 is 2.00 bits per heavy atom. The van der Waals surface area contributed by atoms with E-state index in [1.54, 1.807) is 0 Å². The number of anilines is 2. The van der Waals surface area contributed by atoms with Gasteiger partial charge in [0.05, 0.1) is 11.4 Å². The SMILES string of the molecule is Cc1cccc(N)c1N1CCCC(C(C)C)CC1. The lowest BCUT2D eigenvalue weighted by atomic mass is 9.89. The Morgan fingerprint density at radius 3 is 2.67 bits per heavy atom. The summed E-state index contributed by atoms with van der Waals surface area (Å²) >= 11 is 0. The first-order chi connectivity index (χ1) is 8.59. The smallest absolute Gasteiger partial charge is 0.0629 e. The van der Waals surface area contributed by atoms with Gasteiger partial charge in [0.15, 0.2) is 0 Å². The molecule has 1 saturated heterocycles. The third-order valence-corrected chi connectivity index (χ3v) is 4.30. The predicted molar refractivity (Wildman–Crippen MR) is 80.0 cm³/mol. The highest BCUT2D eigenvalue weighted by atomic mass is 15.1. The van der Waals surface area contributed by atoms with Gasteiger partial charge in [0.1, 0.15) is 0 Å². The van der Waals surface area contributed by atoms with E-state index in [0.717, 1.165) is 30.6 Å². The van der Waals surface area contributed by atoms with Crippen molar-refractivity contribution in [2.24, 2.45) is 11.8 Å². The van der Waals surface area contributed by atoms with Gasteiger partial charge in [-0.15, -0.1) is 0 Å². The molecule has 0 bridgehead atoms. The molecule has 0 saturated carbocycles. The molecule has 1 atom stereocenters. The normalized spacial score (nSPS) is 21.1. The van der Waals surface area contributed by atoms with E-state index in [1.807, 2.05) is 12.1 Å². The average Bonchev–Trinajstić information content (AvgIpc) is 2.54. The summed E-state index contributed by atoms with van der Waals surface area (Å²) in [6, 6.07) is 6.23. The van der Waals surface area contributed by atoms with Crippen molar-refractivity contribution in [1.29, 1.82) is 0 Å². The lowest BCUT2D eigenvalue weighted by Gasteiger charge is -2.26. The molecular formula is C16H26N2. The van der Waals surface area contributed by atoms with Crippen LogP contribution < -0.4 is 10.6 Å². The number of nitrogens with zero attached hydrogens (tertiary/aromatic N) is 1. The van der Waals surface area contributed by atoms with Gasteiger partial charge in [-0.05, 0) is 49.7 Å². The van der Waals surface area contributed by atoms with Gasteiger partial charge in [0, 0.05) is 13.1 Å². The molecule has 18 heavy (non-hydrogen) atoms. The highest BCUT2D eigenvalue weighted by Gasteiger charge is 2.21. The predicted octanol–water partition coefficient (Wildman–Crippen LogP) is 3.84. The van der Waals surface area contributed by atoms with E-state index >= 15 is 0 Å². The van der Waals surface area contributed by atoms with Crippen LogP contribution in [0.3, 0.4) is 0 Å². The molecule has 2 N–H and O–H groups in total. The molecule has 1 aromatic rings. The monoisotopic (exact) mass is 246 g/mol. The van der Waals surface area contributed by atoms with Crippen LogP contribution in [0.25, 0.3) is 0 Å². The highest BCUT2D eigenvalue weighted by Crippen LogP contribution is 2.32. The van der Waals surface area contributed by atoms with E-state index in [9.17, 15) is 0 Å². The number of nitrogens with two attached hydrogens (primary N) is 1. The maximum atomic E-state index is 6.16. The van der Waals surface area contributed by atoms with Gasteiger partial charge in [-0.1, -0.05) is 26.0 Å². The summed E-state index contributed by atoms with van der Waals surface area (Å²) in [5, 5.41) is 0. The number of rotatable bonds is 2. The van der Waals surface area contributed by atoms with Crippen molar-refractivity contribution in [1.82, 2.24) is 0 Å². The number of benzene rings is 1. The molecule has 0 spiro atoms. The van der Waals surface area contributed by atoms with Crippen molar-refractivity contribution in [3.05, 3.63) is 23.8 Å². The van der Waals surface area contributed by atoms with Gasteiger partial charge in [0.2, 0.25) is 0 Å². The molecule has 0 amide bonds. The molecule has 1 aromatic carbocycles. The summed E-state index contributed by atoms with van der Waals surface area (Å²) in [7, 11) is 0. The standard InChI is InChI=1S/C16H26N2/c1-12(2)14-7-5-10-18(11-9-14)16-13(3)6-4-8-15(16)17/h4,6,8,12,14H,5,7,9-11,17H2,1-3H3. The van der Waals surface area contributed by atoms with Gasteiger partial charge < -0.3 is 10.6 Å². The quantitative estimate of drug-likeness (QED) is 0.803. The maximum absolute atomic E-state index is 6.16. The minimum Gasteiger partial charge on any atom is -0.397 e. The Bertz CT molecular complexity index is 378. The van der Waals surface area contributed by atoms with Crippen molar-refractivity contribution >= 4 is 11.4 Å². The number of para-hydroxylation sites is 1. The minimum absolute atomic E-state index is 0.805. The van der Waals surface area contributed by atoms with Gasteiger partial charge in [0.25, 0.3) is 0 Å². The minimum atomic E-state index is 0.805. The van der Waals surface area contributed by atoms with Crippen molar-refractivity contribution in [3.63, 3.8) is 0 Å². The van der Waals surface area contributed by atoms with Crippen LogP contribution in [0, 0.1) is 18.8 Å². The molecule has 1 aliphatic heterocycles. The molecule has 1 heterocycles. The van der Waals surface area contributed by atoms with Crippen LogP contribution in [0.2, 0.25) is 0 Å². The van der Waals surface area contributed by atoms with Gasteiger partial charge in [-0.25, -0.2) is 0 Å². The summed E-state index contributed by atoms with van der Waals surface area (Å²) in [6.07, 6.45) is 3.95. The second-order valence-electron chi connectivity index (χ2n) is 5.93. The molecule has 1 unspecified atom stereocenters. The topological polar surface area (TPSA) is 29.3 Å². The Labute approximate surface area is 111 Å². The molecule has 0 radical (unpaired) electrons. The van der Waals surface area contributed by atoms with E-state index in [4.69, 9.17) is 5.73 Å². The van der Waals surface area contributed by atoms with Gasteiger partial charge in [-0.2, -0.15) is 0 Å². The van der Waals surface area contributed by atoms with E-state index in [2.05, 4.69) is 31.7 Å². The van der Waals surface area contributed by atoms with Crippen molar-refractivity contribution in [2.45, 2.75) is 40.0 Å². The Morgan fingerprint density at radius 1 is 1.22 bits per heavy atom. The zero-order valence-corrected chi connectivity index (χ0v) is 11.9. The molecule has 2 rings (SSSR count). The molecule has 1 fully saturated rings. The van der Waals surface area contributed by atoms with Crippen molar-refractivity contribution in [3.8, 4) is 0 Å². The van der Waals surface area contributed by atoms with E-state index in [0.29, 0.717) is 0 Å². The van der Waals surface area contributed by atoms with Crippen molar-refractivity contribution < 1.29 is 0 Å². The largest absolute Gasteiger partial charge is 0.397 e.